The maximum atomic E-state index is 13.1. The van der Waals surface area contributed by atoms with Gasteiger partial charge in [-0.2, -0.15) is 0 Å². The molecule has 3 heterocycles. The zero-order chi connectivity index (χ0) is 17.9. The van der Waals surface area contributed by atoms with Crippen molar-refractivity contribution in [3.05, 3.63) is 78.1 Å². The summed E-state index contributed by atoms with van der Waals surface area (Å²) in [4.78, 5) is 31.6. The smallest absolute Gasteiger partial charge is 0.278 e. The second-order valence-corrected chi connectivity index (χ2v) is 6.82. The fourth-order valence-corrected chi connectivity index (χ4v) is 3.64. The maximum Gasteiger partial charge on any atom is 0.280 e. The molecule has 26 heavy (non-hydrogen) atoms. The second kappa shape index (κ2) is 6.97. The van der Waals surface area contributed by atoms with E-state index < -0.39 is 0 Å². The Morgan fingerprint density at radius 2 is 2.00 bits per heavy atom. The van der Waals surface area contributed by atoms with Crippen molar-refractivity contribution in [2.75, 3.05) is 4.90 Å². The molecule has 0 radical (unpaired) electrons. The molecule has 0 saturated carbocycles. The van der Waals surface area contributed by atoms with Gasteiger partial charge in [0.25, 0.3) is 5.91 Å². The Labute approximate surface area is 154 Å². The Morgan fingerprint density at radius 3 is 2.77 bits per heavy atom. The van der Waals surface area contributed by atoms with Crippen molar-refractivity contribution >= 4 is 32.6 Å². The number of anilines is 1. The van der Waals surface area contributed by atoms with E-state index in [1.165, 1.54) is 23.7 Å². The normalized spacial score (nSPS) is 10.8. The molecule has 0 unspecified atom stereocenters. The van der Waals surface area contributed by atoms with E-state index in [0.29, 0.717) is 11.7 Å². The first-order valence-electron chi connectivity index (χ1n) is 8.05. The summed E-state index contributed by atoms with van der Waals surface area (Å²) in [6.07, 6.45) is 7.98. The van der Waals surface area contributed by atoms with Crippen LogP contribution in [0.25, 0.3) is 10.2 Å². The molecule has 4 aromatic rings. The Hall–Kier alpha value is -3.19. The Balaban J connectivity index is 1.77. The average Bonchev–Trinajstić information content (AvgIpc) is 3.10. The van der Waals surface area contributed by atoms with Crippen LogP contribution in [0.3, 0.4) is 0 Å². The lowest BCUT2D eigenvalue weighted by atomic mass is 10.2. The fraction of sp³-hybridized carbons (Fsp3) is 0.105. The van der Waals surface area contributed by atoms with Gasteiger partial charge >= 0.3 is 0 Å². The number of carbonyl (C=O) groups excluding carboxylic acids is 1. The number of rotatable bonds is 4. The number of fused-ring (bicyclic) bond motifs is 1. The number of aryl methyl sites for hydroxylation is 1. The van der Waals surface area contributed by atoms with E-state index in [-0.39, 0.29) is 11.6 Å². The minimum atomic E-state index is -0.238. The Kier molecular flexibility index (Phi) is 4.37. The molecule has 128 valence electrons. The fourth-order valence-electron chi connectivity index (χ4n) is 2.58. The number of thiazole rings is 1. The first-order valence-corrected chi connectivity index (χ1v) is 8.86. The predicted molar refractivity (Wildman–Crippen MR) is 101 cm³/mol. The van der Waals surface area contributed by atoms with Crippen LogP contribution < -0.4 is 4.90 Å². The zero-order valence-corrected chi connectivity index (χ0v) is 14.8. The van der Waals surface area contributed by atoms with Crippen molar-refractivity contribution in [2.45, 2.75) is 13.5 Å². The van der Waals surface area contributed by atoms with E-state index in [2.05, 4.69) is 26.0 Å². The van der Waals surface area contributed by atoms with Crippen LogP contribution >= 0.6 is 11.3 Å². The summed E-state index contributed by atoms with van der Waals surface area (Å²) in [6.45, 7) is 2.40. The molecule has 0 aliphatic heterocycles. The molecule has 0 bridgehead atoms. The van der Waals surface area contributed by atoms with Gasteiger partial charge in [-0.15, -0.1) is 0 Å². The molecule has 0 aliphatic rings. The number of aromatic nitrogens is 4. The van der Waals surface area contributed by atoms with Crippen LogP contribution in [0.5, 0.6) is 0 Å². The van der Waals surface area contributed by atoms with Gasteiger partial charge in [-0.25, -0.2) is 9.97 Å². The molecular weight excluding hydrogens is 346 g/mol. The molecule has 1 aromatic carbocycles. The quantitative estimate of drug-likeness (QED) is 0.555. The molecule has 0 aliphatic carbocycles. The van der Waals surface area contributed by atoms with E-state index in [9.17, 15) is 4.79 Å². The van der Waals surface area contributed by atoms with Gasteiger partial charge in [0.1, 0.15) is 5.69 Å². The SMILES string of the molecule is Cc1ccc2nc(N(Cc3cccnc3)C(=O)c3cnccn3)sc2c1. The van der Waals surface area contributed by atoms with Gasteiger partial charge in [0.2, 0.25) is 0 Å². The molecule has 6 nitrogen and oxygen atoms in total. The summed E-state index contributed by atoms with van der Waals surface area (Å²) in [5, 5.41) is 0.630. The van der Waals surface area contributed by atoms with E-state index in [1.807, 2.05) is 31.2 Å². The van der Waals surface area contributed by atoms with Crippen molar-refractivity contribution in [3.63, 3.8) is 0 Å². The van der Waals surface area contributed by atoms with Crippen molar-refractivity contribution < 1.29 is 4.79 Å². The molecule has 0 N–H and O–H groups in total. The van der Waals surface area contributed by atoms with E-state index in [0.717, 1.165) is 21.3 Å². The Morgan fingerprint density at radius 1 is 1.12 bits per heavy atom. The van der Waals surface area contributed by atoms with Crippen LogP contribution in [0, 0.1) is 6.92 Å². The first-order chi connectivity index (χ1) is 12.7. The van der Waals surface area contributed by atoms with Gasteiger partial charge in [-0.05, 0) is 36.2 Å². The molecule has 7 heteroatoms. The lowest BCUT2D eigenvalue weighted by Crippen LogP contribution is -2.31. The van der Waals surface area contributed by atoms with Gasteiger partial charge in [-0.3, -0.25) is 19.7 Å². The highest BCUT2D eigenvalue weighted by atomic mass is 32.1. The topological polar surface area (TPSA) is 71.9 Å². The molecule has 0 saturated heterocycles. The summed E-state index contributed by atoms with van der Waals surface area (Å²) in [5.74, 6) is -0.238. The van der Waals surface area contributed by atoms with Crippen LogP contribution in [0.1, 0.15) is 21.6 Å². The van der Waals surface area contributed by atoms with Crippen LogP contribution in [0.2, 0.25) is 0 Å². The third-order valence-corrected chi connectivity index (χ3v) is 4.90. The predicted octanol–water partition coefficient (Wildman–Crippen LogP) is 3.64. The van der Waals surface area contributed by atoms with Gasteiger partial charge < -0.3 is 0 Å². The monoisotopic (exact) mass is 361 g/mol. The van der Waals surface area contributed by atoms with Crippen molar-refractivity contribution in [2.24, 2.45) is 0 Å². The first kappa shape index (κ1) is 16.3. The standard InChI is InChI=1S/C19H15N5OS/c1-13-4-5-15-17(9-13)26-19(23-15)24(12-14-3-2-6-20-10-14)18(25)16-11-21-7-8-22-16/h2-11H,12H2,1H3. The second-order valence-electron chi connectivity index (χ2n) is 5.81. The van der Waals surface area contributed by atoms with Crippen LogP contribution in [0.4, 0.5) is 5.13 Å². The van der Waals surface area contributed by atoms with Crippen molar-refractivity contribution in [1.29, 1.82) is 0 Å². The third kappa shape index (κ3) is 3.29. The molecule has 3 aromatic heterocycles. The lowest BCUT2D eigenvalue weighted by molar-refractivity contribution is 0.0980. The summed E-state index contributed by atoms with van der Waals surface area (Å²) < 4.78 is 1.04. The minimum absolute atomic E-state index is 0.238. The highest BCUT2D eigenvalue weighted by Gasteiger charge is 2.23. The summed E-state index contributed by atoms with van der Waals surface area (Å²) >= 11 is 1.49. The highest BCUT2D eigenvalue weighted by Crippen LogP contribution is 2.31. The minimum Gasteiger partial charge on any atom is -0.278 e. The summed E-state index contributed by atoms with van der Waals surface area (Å²) in [5.41, 5.74) is 3.23. The zero-order valence-electron chi connectivity index (χ0n) is 14.0. The molecule has 1 amide bonds. The molecule has 0 spiro atoms. The van der Waals surface area contributed by atoms with Crippen molar-refractivity contribution in [1.82, 2.24) is 19.9 Å². The van der Waals surface area contributed by atoms with E-state index in [1.54, 1.807) is 23.5 Å². The van der Waals surface area contributed by atoms with Gasteiger partial charge in [0, 0.05) is 24.8 Å². The number of hydrogen-bond acceptors (Lipinski definition) is 6. The number of carbonyl (C=O) groups is 1. The third-order valence-electron chi connectivity index (χ3n) is 3.85. The highest BCUT2D eigenvalue weighted by molar-refractivity contribution is 7.22. The van der Waals surface area contributed by atoms with E-state index >= 15 is 0 Å². The van der Waals surface area contributed by atoms with Crippen molar-refractivity contribution in [3.8, 4) is 0 Å². The molecule has 4 rings (SSSR count). The number of hydrogen-bond donors (Lipinski definition) is 0. The number of nitrogens with zero attached hydrogens (tertiary/aromatic N) is 5. The van der Waals surface area contributed by atoms with Crippen LogP contribution in [0.15, 0.2) is 61.3 Å². The number of benzene rings is 1. The molecule has 0 fully saturated rings. The number of pyridine rings is 1. The number of amides is 1. The van der Waals surface area contributed by atoms with Gasteiger partial charge in [-0.1, -0.05) is 23.5 Å². The largest absolute Gasteiger partial charge is 0.280 e. The summed E-state index contributed by atoms with van der Waals surface area (Å²) in [6, 6.07) is 9.84. The van der Waals surface area contributed by atoms with Crippen LogP contribution in [-0.4, -0.2) is 25.8 Å². The van der Waals surface area contributed by atoms with E-state index in [4.69, 9.17) is 0 Å². The lowest BCUT2D eigenvalue weighted by Gasteiger charge is -2.19. The average molecular weight is 361 g/mol. The molecular formula is C19H15N5OS. The summed E-state index contributed by atoms with van der Waals surface area (Å²) in [7, 11) is 0. The molecule has 0 atom stereocenters. The van der Waals surface area contributed by atoms with Gasteiger partial charge in [0.05, 0.1) is 23.0 Å². The maximum absolute atomic E-state index is 13.1. The van der Waals surface area contributed by atoms with Gasteiger partial charge in [0.15, 0.2) is 5.13 Å². The van der Waals surface area contributed by atoms with Crippen LogP contribution in [-0.2, 0) is 6.54 Å². The Bertz CT molecular complexity index is 1050.